The lowest BCUT2D eigenvalue weighted by molar-refractivity contribution is -0.0693. The van der Waals surface area contributed by atoms with Crippen LogP contribution in [0.4, 0.5) is 0 Å². The third-order valence-electron chi connectivity index (χ3n) is 4.24. The number of nitrogens with zero attached hydrogens (tertiary/aromatic N) is 3. The van der Waals surface area contributed by atoms with Gasteiger partial charge in [0.15, 0.2) is 5.75 Å². The molecule has 6 nitrogen and oxygen atoms in total. The summed E-state index contributed by atoms with van der Waals surface area (Å²) in [5, 5.41) is 15.6. The minimum atomic E-state index is -0.924. The second-order valence-corrected chi connectivity index (χ2v) is 6.07. The highest BCUT2D eigenvalue weighted by molar-refractivity contribution is 5.31. The molecule has 1 N–H and O–H groups in total. The van der Waals surface area contributed by atoms with Crippen LogP contribution in [0.5, 0.6) is 5.75 Å². The van der Waals surface area contributed by atoms with Crippen molar-refractivity contribution in [3.8, 4) is 5.75 Å². The number of methoxy groups -OCH3 is 2. The van der Waals surface area contributed by atoms with E-state index in [1.165, 1.54) is 0 Å². The first-order valence-corrected chi connectivity index (χ1v) is 7.50. The lowest BCUT2D eigenvalue weighted by atomic mass is 9.80. The topological polar surface area (TPSA) is 59.8 Å². The molecule has 1 aliphatic rings. The molecule has 0 aliphatic heterocycles. The molecule has 0 spiro atoms. The number of rotatable bonds is 6. The summed E-state index contributed by atoms with van der Waals surface area (Å²) in [6.45, 7) is 1.59. The van der Waals surface area contributed by atoms with Gasteiger partial charge in [-0.2, -0.15) is 5.10 Å². The van der Waals surface area contributed by atoms with Gasteiger partial charge in [0, 0.05) is 20.1 Å². The molecule has 1 aromatic rings. The second kappa shape index (κ2) is 6.77. The van der Waals surface area contributed by atoms with E-state index in [0.29, 0.717) is 12.2 Å². The van der Waals surface area contributed by atoms with E-state index in [9.17, 15) is 5.11 Å². The number of hydrogen-bond acceptors (Lipinski definition) is 5. The predicted octanol–water partition coefficient (Wildman–Crippen LogP) is 1.23. The van der Waals surface area contributed by atoms with Crippen molar-refractivity contribution in [2.75, 3.05) is 34.9 Å². The average molecular weight is 297 g/mol. The molecule has 2 unspecified atom stereocenters. The zero-order valence-electron chi connectivity index (χ0n) is 13.5. The van der Waals surface area contributed by atoms with E-state index < -0.39 is 5.60 Å². The molecule has 1 saturated carbocycles. The maximum absolute atomic E-state index is 11.2. The van der Waals surface area contributed by atoms with Crippen LogP contribution in [-0.2, 0) is 16.9 Å². The van der Waals surface area contributed by atoms with Gasteiger partial charge in [0.2, 0.25) is 0 Å². The van der Waals surface area contributed by atoms with Crippen molar-refractivity contribution >= 4 is 0 Å². The number of ether oxygens (including phenoxy) is 2. The molecule has 1 fully saturated rings. The quantitative estimate of drug-likeness (QED) is 0.856. The van der Waals surface area contributed by atoms with E-state index >= 15 is 0 Å². The van der Waals surface area contributed by atoms with E-state index in [4.69, 9.17) is 9.47 Å². The third-order valence-corrected chi connectivity index (χ3v) is 4.24. The molecule has 6 heteroatoms. The monoisotopic (exact) mass is 297 g/mol. The molecule has 0 aromatic carbocycles. The van der Waals surface area contributed by atoms with Crippen LogP contribution in [0.15, 0.2) is 6.20 Å². The maximum atomic E-state index is 11.2. The van der Waals surface area contributed by atoms with Crippen molar-refractivity contribution in [3.05, 3.63) is 11.9 Å². The van der Waals surface area contributed by atoms with Crippen molar-refractivity contribution in [1.82, 2.24) is 14.7 Å². The fourth-order valence-electron chi connectivity index (χ4n) is 3.07. The average Bonchev–Trinajstić information content (AvgIpc) is 2.89. The molecular weight excluding hydrogens is 270 g/mol. The van der Waals surface area contributed by atoms with E-state index in [0.717, 1.165) is 38.0 Å². The summed E-state index contributed by atoms with van der Waals surface area (Å²) in [7, 11) is 7.38. The largest absolute Gasteiger partial charge is 0.493 e. The molecule has 0 saturated heterocycles. The molecular formula is C15H27N3O3. The van der Waals surface area contributed by atoms with Gasteiger partial charge in [0.05, 0.1) is 26.0 Å². The first kappa shape index (κ1) is 16.3. The lowest BCUT2D eigenvalue weighted by Crippen LogP contribution is -2.38. The number of aliphatic hydroxyl groups is 1. The Bertz CT molecular complexity index is 461. The molecule has 1 aromatic heterocycles. The standard InChI is InChI=1S/C15H27N3O3/c1-17(2)8-9-18-14(13(21-4)11-16-18)15(19)7-5-6-12(10-15)20-3/h11-12,19H,5-10H2,1-4H3. The molecule has 0 amide bonds. The van der Waals surface area contributed by atoms with Gasteiger partial charge in [-0.3, -0.25) is 4.68 Å². The number of likely N-dealkylation sites (N-methyl/N-ethyl adjacent to an activating group) is 1. The van der Waals surface area contributed by atoms with E-state index in [2.05, 4.69) is 10.00 Å². The summed E-state index contributed by atoms with van der Waals surface area (Å²) in [6.07, 6.45) is 5.03. The van der Waals surface area contributed by atoms with Gasteiger partial charge in [0.25, 0.3) is 0 Å². The van der Waals surface area contributed by atoms with Crippen molar-refractivity contribution in [2.24, 2.45) is 0 Å². The van der Waals surface area contributed by atoms with Crippen molar-refractivity contribution < 1.29 is 14.6 Å². The SMILES string of the molecule is COc1cnn(CCN(C)C)c1C1(O)CCCC(OC)C1. The number of hydrogen-bond donors (Lipinski definition) is 1. The van der Waals surface area contributed by atoms with Gasteiger partial charge in [-0.05, 0) is 33.4 Å². The van der Waals surface area contributed by atoms with Crippen molar-refractivity contribution in [2.45, 2.75) is 43.9 Å². The van der Waals surface area contributed by atoms with Crippen LogP contribution in [0.1, 0.15) is 31.4 Å². The smallest absolute Gasteiger partial charge is 0.162 e. The summed E-state index contributed by atoms with van der Waals surface area (Å²) in [6, 6.07) is 0. The predicted molar refractivity (Wildman–Crippen MR) is 80.5 cm³/mol. The second-order valence-electron chi connectivity index (χ2n) is 6.07. The Balaban J connectivity index is 2.29. The van der Waals surface area contributed by atoms with Crippen molar-refractivity contribution in [3.63, 3.8) is 0 Å². The van der Waals surface area contributed by atoms with Crippen molar-refractivity contribution in [1.29, 1.82) is 0 Å². The Labute approximate surface area is 126 Å². The number of aromatic nitrogens is 2. The van der Waals surface area contributed by atoms with E-state index in [-0.39, 0.29) is 6.10 Å². The Morgan fingerprint density at radius 3 is 2.86 bits per heavy atom. The fraction of sp³-hybridized carbons (Fsp3) is 0.800. The molecule has 0 bridgehead atoms. The van der Waals surface area contributed by atoms with Crippen LogP contribution in [0, 0.1) is 0 Å². The van der Waals surface area contributed by atoms with Crippen LogP contribution in [0.25, 0.3) is 0 Å². The zero-order valence-corrected chi connectivity index (χ0v) is 13.5. The molecule has 1 aliphatic carbocycles. The highest BCUT2D eigenvalue weighted by Gasteiger charge is 2.41. The first-order valence-electron chi connectivity index (χ1n) is 7.50. The highest BCUT2D eigenvalue weighted by Crippen LogP contribution is 2.41. The zero-order chi connectivity index (χ0) is 15.5. The first-order chi connectivity index (χ1) is 10.00. The minimum absolute atomic E-state index is 0.0886. The molecule has 1 heterocycles. The summed E-state index contributed by atoms with van der Waals surface area (Å²) >= 11 is 0. The Hall–Kier alpha value is -1.11. The minimum Gasteiger partial charge on any atom is -0.493 e. The molecule has 2 rings (SSSR count). The molecule has 21 heavy (non-hydrogen) atoms. The van der Waals surface area contributed by atoms with Crippen LogP contribution < -0.4 is 4.74 Å². The molecule has 120 valence electrons. The van der Waals surface area contributed by atoms with Gasteiger partial charge in [-0.25, -0.2) is 0 Å². The summed E-state index contributed by atoms with van der Waals surface area (Å²) in [5.74, 6) is 0.660. The van der Waals surface area contributed by atoms with Gasteiger partial charge in [-0.1, -0.05) is 0 Å². The van der Waals surface area contributed by atoms with Gasteiger partial charge < -0.3 is 19.5 Å². The molecule has 2 atom stereocenters. The van der Waals surface area contributed by atoms with Gasteiger partial charge in [0.1, 0.15) is 11.3 Å². The van der Waals surface area contributed by atoms with Gasteiger partial charge >= 0.3 is 0 Å². The lowest BCUT2D eigenvalue weighted by Gasteiger charge is -2.36. The summed E-state index contributed by atoms with van der Waals surface area (Å²) in [5.41, 5.74) is -0.138. The van der Waals surface area contributed by atoms with Gasteiger partial charge in [-0.15, -0.1) is 0 Å². The van der Waals surface area contributed by atoms with Crippen LogP contribution in [-0.4, -0.2) is 60.8 Å². The van der Waals surface area contributed by atoms with Crippen LogP contribution in [0.3, 0.4) is 0 Å². The van der Waals surface area contributed by atoms with E-state index in [1.807, 2.05) is 18.8 Å². The van der Waals surface area contributed by atoms with E-state index in [1.54, 1.807) is 20.4 Å². The van der Waals surface area contributed by atoms with Crippen LogP contribution >= 0.6 is 0 Å². The third kappa shape index (κ3) is 3.56. The maximum Gasteiger partial charge on any atom is 0.162 e. The summed E-state index contributed by atoms with van der Waals surface area (Å²) < 4.78 is 12.8. The Morgan fingerprint density at radius 2 is 2.24 bits per heavy atom. The summed E-state index contributed by atoms with van der Waals surface area (Å²) in [4.78, 5) is 2.10. The molecule has 0 radical (unpaired) electrons. The Morgan fingerprint density at radius 1 is 1.48 bits per heavy atom. The van der Waals surface area contributed by atoms with Crippen LogP contribution in [0.2, 0.25) is 0 Å². The Kier molecular flexibility index (Phi) is 5.24. The normalized spacial score (nSPS) is 26.3. The fourth-order valence-corrected chi connectivity index (χ4v) is 3.07. The highest BCUT2D eigenvalue weighted by atomic mass is 16.5.